The van der Waals surface area contributed by atoms with Crippen LogP contribution in [0.4, 0.5) is 11.5 Å². The largest absolute Gasteiger partial charge is 0.372 e. The average molecular weight is 243 g/mol. The van der Waals surface area contributed by atoms with Crippen molar-refractivity contribution < 1.29 is 4.79 Å². The summed E-state index contributed by atoms with van der Waals surface area (Å²) in [6, 6.07) is 3.55. The van der Waals surface area contributed by atoms with Crippen LogP contribution in [0.1, 0.15) is 16.2 Å². The molecule has 0 fully saturated rings. The lowest BCUT2D eigenvalue weighted by molar-refractivity contribution is 0.102. The number of aromatic nitrogens is 3. The number of nitrogens with one attached hydrogen (secondary N) is 2. The maximum atomic E-state index is 11.9. The smallest absolute Gasteiger partial charge is 0.275 e. The molecule has 6 heteroatoms. The monoisotopic (exact) mass is 243 g/mol. The van der Waals surface area contributed by atoms with Crippen LogP contribution in [-0.2, 0) is 0 Å². The van der Waals surface area contributed by atoms with E-state index in [1.807, 2.05) is 6.92 Å². The van der Waals surface area contributed by atoms with Gasteiger partial charge in [0.05, 0.1) is 23.8 Å². The molecular weight excluding hydrogens is 230 g/mol. The lowest BCUT2D eigenvalue weighted by Gasteiger charge is -2.06. The van der Waals surface area contributed by atoms with E-state index in [0.717, 1.165) is 5.69 Å². The minimum atomic E-state index is -0.304. The van der Waals surface area contributed by atoms with Crippen LogP contribution in [0.2, 0.25) is 0 Å². The van der Waals surface area contributed by atoms with Crippen molar-refractivity contribution in [1.29, 1.82) is 0 Å². The van der Waals surface area contributed by atoms with Crippen LogP contribution in [0.5, 0.6) is 0 Å². The second-order valence-electron chi connectivity index (χ2n) is 3.63. The summed E-state index contributed by atoms with van der Waals surface area (Å²) in [7, 11) is 1.74. The van der Waals surface area contributed by atoms with E-state index in [-0.39, 0.29) is 11.6 Å². The van der Waals surface area contributed by atoms with E-state index in [4.69, 9.17) is 0 Å². The molecule has 0 saturated carbocycles. The van der Waals surface area contributed by atoms with Crippen molar-refractivity contribution in [2.24, 2.45) is 0 Å². The highest BCUT2D eigenvalue weighted by atomic mass is 16.1. The molecule has 0 bridgehead atoms. The van der Waals surface area contributed by atoms with Gasteiger partial charge in [0, 0.05) is 13.2 Å². The first kappa shape index (κ1) is 12.0. The molecule has 0 saturated heterocycles. The zero-order valence-electron chi connectivity index (χ0n) is 10.1. The Kier molecular flexibility index (Phi) is 3.47. The highest BCUT2D eigenvalue weighted by molar-refractivity contribution is 6.02. The fraction of sp³-hybridized carbons (Fsp3) is 0.167. The molecular formula is C12H13N5O. The second kappa shape index (κ2) is 5.22. The van der Waals surface area contributed by atoms with Crippen molar-refractivity contribution in [2.75, 3.05) is 17.7 Å². The van der Waals surface area contributed by atoms with E-state index in [1.54, 1.807) is 25.4 Å². The van der Waals surface area contributed by atoms with Crippen molar-refractivity contribution in [3.63, 3.8) is 0 Å². The zero-order chi connectivity index (χ0) is 13.0. The number of aryl methyl sites for hydroxylation is 1. The highest BCUT2D eigenvalue weighted by Gasteiger charge is 2.09. The first-order chi connectivity index (χ1) is 8.70. The molecule has 2 N–H and O–H groups in total. The Labute approximate surface area is 105 Å². The Morgan fingerprint density at radius 1 is 1.22 bits per heavy atom. The number of carbonyl (C=O) groups excluding carboxylic acids is 1. The Balaban J connectivity index is 2.14. The Morgan fingerprint density at radius 2 is 2.06 bits per heavy atom. The van der Waals surface area contributed by atoms with E-state index >= 15 is 0 Å². The topological polar surface area (TPSA) is 79.8 Å². The van der Waals surface area contributed by atoms with E-state index in [2.05, 4.69) is 25.6 Å². The van der Waals surface area contributed by atoms with Gasteiger partial charge in [0.2, 0.25) is 0 Å². The third kappa shape index (κ3) is 2.60. The van der Waals surface area contributed by atoms with E-state index in [1.165, 1.54) is 12.4 Å². The van der Waals surface area contributed by atoms with Gasteiger partial charge in [-0.1, -0.05) is 0 Å². The summed E-state index contributed by atoms with van der Waals surface area (Å²) in [5, 5.41) is 5.58. The van der Waals surface area contributed by atoms with Crippen molar-refractivity contribution >= 4 is 17.4 Å². The molecule has 2 heterocycles. The van der Waals surface area contributed by atoms with Crippen LogP contribution >= 0.6 is 0 Å². The minimum absolute atomic E-state index is 0.261. The molecule has 0 spiro atoms. The number of carbonyl (C=O) groups is 1. The van der Waals surface area contributed by atoms with E-state index < -0.39 is 0 Å². The quantitative estimate of drug-likeness (QED) is 0.853. The zero-order valence-corrected chi connectivity index (χ0v) is 10.1. The first-order valence-electron chi connectivity index (χ1n) is 5.43. The summed E-state index contributed by atoms with van der Waals surface area (Å²) in [6.07, 6.45) is 4.60. The Morgan fingerprint density at radius 3 is 2.67 bits per heavy atom. The number of nitrogens with zero attached hydrogens (tertiary/aromatic N) is 3. The van der Waals surface area contributed by atoms with Gasteiger partial charge in [-0.15, -0.1) is 0 Å². The third-order valence-electron chi connectivity index (χ3n) is 2.40. The molecule has 0 unspecified atom stereocenters. The van der Waals surface area contributed by atoms with Gasteiger partial charge in [0.15, 0.2) is 0 Å². The normalized spacial score (nSPS) is 9.89. The number of anilines is 2. The van der Waals surface area contributed by atoms with Crippen molar-refractivity contribution in [1.82, 2.24) is 15.0 Å². The molecule has 0 aliphatic carbocycles. The maximum Gasteiger partial charge on any atom is 0.275 e. The van der Waals surface area contributed by atoms with Crippen molar-refractivity contribution in [3.8, 4) is 0 Å². The molecule has 1 amide bonds. The number of rotatable bonds is 3. The summed E-state index contributed by atoms with van der Waals surface area (Å²) in [6.45, 7) is 1.82. The lowest BCUT2D eigenvalue weighted by atomic mass is 10.3. The Hall–Kier alpha value is -2.50. The van der Waals surface area contributed by atoms with Crippen LogP contribution in [-0.4, -0.2) is 27.9 Å². The third-order valence-corrected chi connectivity index (χ3v) is 2.40. The van der Waals surface area contributed by atoms with Gasteiger partial charge in [0.25, 0.3) is 5.91 Å². The predicted octanol–water partition coefficient (Wildman–Crippen LogP) is 1.47. The fourth-order valence-corrected chi connectivity index (χ4v) is 1.38. The Bertz CT molecular complexity index is 553. The molecule has 0 aliphatic rings. The summed E-state index contributed by atoms with van der Waals surface area (Å²) < 4.78 is 0. The van der Waals surface area contributed by atoms with Crippen LogP contribution in [0.15, 0.2) is 30.7 Å². The van der Waals surface area contributed by atoms with E-state index in [9.17, 15) is 4.79 Å². The average Bonchev–Trinajstić information content (AvgIpc) is 2.41. The number of hydrogen-bond acceptors (Lipinski definition) is 5. The van der Waals surface area contributed by atoms with Crippen LogP contribution < -0.4 is 10.6 Å². The van der Waals surface area contributed by atoms with Crippen LogP contribution in [0.3, 0.4) is 0 Å². The maximum absolute atomic E-state index is 11.9. The molecule has 0 atom stereocenters. The van der Waals surface area contributed by atoms with Gasteiger partial charge in [-0.25, -0.2) is 9.97 Å². The summed E-state index contributed by atoms with van der Waals surface area (Å²) in [5.41, 5.74) is 1.69. The summed E-state index contributed by atoms with van der Waals surface area (Å²) >= 11 is 0. The van der Waals surface area contributed by atoms with Crippen molar-refractivity contribution in [3.05, 3.63) is 42.1 Å². The minimum Gasteiger partial charge on any atom is -0.372 e. The van der Waals surface area contributed by atoms with Gasteiger partial charge in [0.1, 0.15) is 11.5 Å². The predicted molar refractivity (Wildman–Crippen MR) is 68.5 cm³/mol. The summed E-state index contributed by atoms with van der Waals surface area (Å²) in [4.78, 5) is 24.0. The van der Waals surface area contributed by atoms with Gasteiger partial charge in [-0.3, -0.25) is 9.78 Å². The first-order valence-corrected chi connectivity index (χ1v) is 5.43. The standard InChI is InChI=1S/C12H13N5O/c1-8-9(4-3-5-14-8)17-12(18)10-6-16-11(13-2)7-15-10/h3-7H,1-2H3,(H,13,16)(H,17,18). The van der Waals surface area contributed by atoms with E-state index in [0.29, 0.717) is 11.5 Å². The highest BCUT2D eigenvalue weighted by Crippen LogP contribution is 2.11. The van der Waals surface area contributed by atoms with Crippen LogP contribution in [0.25, 0.3) is 0 Å². The number of hydrogen-bond donors (Lipinski definition) is 2. The second-order valence-corrected chi connectivity index (χ2v) is 3.63. The summed E-state index contributed by atoms with van der Waals surface area (Å²) in [5.74, 6) is 0.311. The lowest BCUT2D eigenvalue weighted by Crippen LogP contribution is -2.15. The molecule has 6 nitrogen and oxygen atoms in total. The molecule has 0 aliphatic heterocycles. The van der Waals surface area contributed by atoms with Crippen LogP contribution in [0, 0.1) is 6.92 Å². The number of pyridine rings is 1. The molecule has 0 aromatic carbocycles. The molecule has 0 radical (unpaired) electrons. The van der Waals surface area contributed by atoms with Gasteiger partial charge < -0.3 is 10.6 Å². The SMILES string of the molecule is CNc1cnc(C(=O)Nc2cccnc2C)cn1. The van der Waals surface area contributed by atoms with Crippen molar-refractivity contribution in [2.45, 2.75) is 6.92 Å². The molecule has 92 valence electrons. The van der Waals surface area contributed by atoms with Gasteiger partial charge >= 0.3 is 0 Å². The molecule has 2 rings (SSSR count). The fourth-order valence-electron chi connectivity index (χ4n) is 1.38. The molecule has 2 aromatic heterocycles. The van der Waals surface area contributed by atoms with Gasteiger partial charge in [-0.05, 0) is 19.1 Å². The molecule has 2 aromatic rings. The van der Waals surface area contributed by atoms with Gasteiger partial charge in [-0.2, -0.15) is 0 Å². The number of amides is 1. The molecule has 18 heavy (non-hydrogen) atoms.